The van der Waals surface area contributed by atoms with Gasteiger partial charge in [0.05, 0.1) is 0 Å². The fraction of sp³-hybridized carbons (Fsp3) is 0.571. The third-order valence-electron chi connectivity index (χ3n) is 6.13. The summed E-state index contributed by atoms with van der Waals surface area (Å²) in [7, 11) is 0. The SMILES string of the molecule is C=CCC(CC=C)(CC=C)CCCCCCCCC(CC=C)(CC=C)CC=C. The minimum Gasteiger partial charge on any atom is -0.103 e. The van der Waals surface area contributed by atoms with Gasteiger partial charge in [0.1, 0.15) is 0 Å². The molecule has 0 unspecified atom stereocenters. The summed E-state index contributed by atoms with van der Waals surface area (Å²) in [6.45, 7) is 23.8. The first-order chi connectivity index (χ1) is 13.6. The van der Waals surface area contributed by atoms with Crippen molar-refractivity contribution < 1.29 is 0 Å². The highest BCUT2D eigenvalue weighted by atomic mass is 14.3. The molecule has 0 saturated carbocycles. The van der Waals surface area contributed by atoms with Gasteiger partial charge in [0, 0.05) is 0 Å². The van der Waals surface area contributed by atoms with E-state index in [1.807, 2.05) is 0 Å². The largest absolute Gasteiger partial charge is 0.103 e. The molecule has 0 N–H and O–H groups in total. The molecular formula is C28H46. The van der Waals surface area contributed by atoms with Crippen molar-refractivity contribution >= 4 is 0 Å². The lowest BCUT2D eigenvalue weighted by molar-refractivity contribution is 0.255. The topological polar surface area (TPSA) is 0 Å². The fourth-order valence-electron chi connectivity index (χ4n) is 4.66. The van der Waals surface area contributed by atoms with Crippen LogP contribution < -0.4 is 0 Å². The van der Waals surface area contributed by atoms with Crippen LogP contribution in [0.4, 0.5) is 0 Å². The van der Waals surface area contributed by atoms with Crippen LogP contribution in [0.25, 0.3) is 0 Å². The molecule has 0 aliphatic rings. The zero-order chi connectivity index (χ0) is 21.1. The Morgan fingerprint density at radius 1 is 0.357 bits per heavy atom. The van der Waals surface area contributed by atoms with Crippen molar-refractivity contribution in [3.63, 3.8) is 0 Å². The average Bonchev–Trinajstić information content (AvgIpc) is 2.65. The standard InChI is InChI=1S/C28H46/c1-7-19-27(20-8-2,21-9-3)25-17-15-13-14-16-18-26-28(22-10-4,23-11-5)24-12-6/h7-12H,1-6,13-26H2. The van der Waals surface area contributed by atoms with E-state index in [0.717, 1.165) is 38.5 Å². The first-order valence-electron chi connectivity index (χ1n) is 11.2. The van der Waals surface area contributed by atoms with Crippen molar-refractivity contribution in [1.82, 2.24) is 0 Å². The van der Waals surface area contributed by atoms with Gasteiger partial charge < -0.3 is 0 Å². The Morgan fingerprint density at radius 2 is 0.571 bits per heavy atom. The highest BCUT2D eigenvalue weighted by molar-refractivity contribution is 4.96. The van der Waals surface area contributed by atoms with Gasteiger partial charge in [-0.3, -0.25) is 0 Å². The lowest BCUT2D eigenvalue weighted by Gasteiger charge is -2.31. The summed E-state index contributed by atoms with van der Waals surface area (Å²) in [6.07, 6.45) is 29.1. The van der Waals surface area contributed by atoms with Gasteiger partial charge in [-0.1, -0.05) is 75.0 Å². The lowest BCUT2D eigenvalue weighted by atomic mass is 9.73. The van der Waals surface area contributed by atoms with E-state index in [0.29, 0.717) is 10.8 Å². The average molecular weight is 383 g/mol. The Labute approximate surface area is 176 Å². The van der Waals surface area contributed by atoms with E-state index in [9.17, 15) is 0 Å². The van der Waals surface area contributed by atoms with Crippen LogP contribution in [0.1, 0.15) is 89.9 Å². The maximum atomic E-state index is 3.96. The molecule has 0 heteroatoms. The molecule has 0 aliphatic heterocycles. The smallest absolute Gasteiger partial charge is 0.0194 e. The molecule has 0 aromatic carbocycles. The van der Waals surface area contributed by atoms with Gasteiger partial charge in [0.15, 0.2) is 0 Å². The molecule has 0 radical (unpaired) electrons. The Balaban J connectivity index is 4.23. The van der Waals surface area contributed by atoms with E-state index >= 15 is 0 Å². The molecule has 0 aliphatic carbocycles. The molecule has 0 aromatic heterocycles. The quantitative estimate of drug-likeness (QED) is 0.137. The van der Waals surface area contributed by atoms with Gasteiger partial charge in [0.25, 0.3) is 0 Å². The van der Waals surface area contributed by atoms with Gasteiger partial charge >= 0.3 is 0 Å². The Hall–Kier alpha value is -1.56. The maximum Gasteiger partial charge on any atom is -0.0194 e. The van der Waals surface area contributed by atoms with Crippen molar-refractivity contribution in [1.29, 1.82) is 0 Å². The maximum absolute atomic E-state index is 3.96. The van der Waals surface area contributed by atoms with Crippen LogP contribution in [-0.2, 0) is 0 Å². The molecule has 0 spiro atoms. The van der Waals surface area contributed by atoms with Crippen LogP contribution in [0.5, 0.6) is 0 Å². The van der Waals surface area contributed by atoms with Crippen LogP contribution >= 0.6 is 0 Å². The van der Waals surface area contributed by atoms with E-state index in [2.05, 4.69) is 75.9 Å². The van der Waals surface area contributed by atoms with Crippen molar-refractivity contribution in [2.75, 3.05) is 0 Å². The summed E-state index contributed by atoms with van der Waals surface area (Å²) in [4.78, 5) is 0. The highest BCUT2D eigenvalue weighted by Gasteiger charge is 2.26. The van der Waals surface area contributed by atoms with Gasteiger partial charge in [0.2, 0.25) is 0 Å². The number of rotatable bonds is 21. The van der Waals surface area contributed by atoms with Gasteiger partial charge in [-0.25, -0.2) is 0 Å². The van der Waals surface area contributed by atoms with E-state index < -0.39 is 0 Å². The molecule has 0 amide bonds. The highest BCUT2D eigenvalue weighted by Crippen LogP contribution is 2.39. The number of allylic oxidation sites excluding steroid dienone is 6. The van der Waals surface area contributed by atoms with Crippen molar-refractivity contribution in [3.05, 3.63) is 75.9 Å². The van der Waals surface area contributed by atoms with Crippen molar-refractivity contribution in [2.45, 2.75) is 89.9 Å². The third-order valence-corrected chi connectivity index (χ3v) is 6.13. The summed E-state index contributed by atoms with van der Waals surface area (Å²) in [5, 5.41) is 0. The zero-order valence-electron chi connectivity index (χ0n) is 18.6. The van der Waals surface area contributed by atoms with Crippen LogP contribution in [0.2, 0.25) is 0 Å². The van der Waals surface area contributed by atoms with E-state index in [-0.39, 0.29) is 0 Å². The van der Waals surface area contributed by atoms with Crippen molar-refractivity contribution in [2.24, 2.45) is 10.8 Å². The van der Waals surface area contributed by atoms with Crippen LogP contribution in [0, 0.1) is 10.8 Å². The second kappa shape index (κ2) is 16.4. The molecule has 0 fully saturated rings. The first kappa shape index (κ1) is 26.4. The van der Waals surface area contributed by atoms with Gasteiger partial charge in [-0.2, -0.15) is 0 Å². The second-order valence-electron chi connectivity index (χ2n) is 8.58. The Kier molecular flexibility index (Phi) is 15.5. The number of hydrogen-bond acceptors (Lipinski definition) is 0. The summed E-state index contributed by atoms with van der Waals surface area (Å²) >= 11 is 0. The van der Waals surface area contributed by atoms with E-state index in [1.165, 1.54) is 51.4 Å². The molecule has 0 heterocycles. The molecule has 0 saturated heterocycles. The number of hydrogen-bond donors (Lipinski definition) is 0. The molecule has 0 rings (SSSR count). The molecule has 0 atom stereocenters. The predicted octanol–water partition coefficient (Wildman–Crippen LogP) is 9.54. The normalized spacial score (nSPS) is 11.6. The second-order valence-corrected chi connectivity index (χ2v) is 8.58. The summed E-state index contributed by atoms with van der Waals surface area (Å²) in [6, 6.07) is 0. The van der Waals surface area contributed by atoms with Crippen LogP contribution in [0.3, 0.4) is 0 Å². The first-order valence-corrected chi connectivity index (χ1v) is 11.2. The lowest BCUT2D eigenvalue weighted by Crippen LogP contribution is -2.19. The minimum atomic E-state index is 0.297. The number of unbranched alkanes of at least 4 members (excludes halogenated alkanes) is 5. The predicted molar refractivity (Wildman–Crippen MR) is 131 cm³/mol. The van der Waals surface area contributed by atoms with Crippen molar-refractivity contribution in [3.8, 4) is 0 Å². The molecular weight excluding hydrogens is 336 g/mol. The zero-order valence-corrected chi connectivity index (χ0v) is 18.6. The van der Waals surface area contributed by atoms with Crippen LogP contribution in [-0.4, -0.2) is 0 Å². The third kappa shape index (κ3) is 10.7. The van der Waals surface area contributed by atoms with E-state index in [4.69, 9.17) is 0 Å². The van der Waals surface area contributed by atoms with Crippen LogP contribution in [0.15, 0.2) is 75.9 Å². The van der Waals surface area contributed by atoms with E-state index in [1.54, 1.807) is 0 Å². The molecule has 158 valence electrons. The molecule has 0 bridgehead atoms. The molecule has 0 nitrogen and oxygen atoms in total. The molecule has 0 aromatic rings. The summed E-state index contributed by atoms with van der Waals surface area (Å²) < 4.78 is 0. The van der Waals surface area contributed by atoms with Gasteiger partial charge in [-0.05, 0) is 62.2 Å². The summed E-state index contributed by atoms with van der Waals surface area (Å²) in [5.74, 6) is 0. The minimum absolute atomic E-state index is 0.297. The van der Waals surface area contributed by atoms with Gasteiger partial charge in [-0.15, -0.1) is 39.5 Å². The Bertz CT molecular complexity index is 367. The monoisotopic (exact) mass is 382 g/mol. The fourth-order valence-corrected chi connectivity index (χ4v) is 4.66. The Morgan fingerprint density at radius 3 is 0.786 bits per heavy atom. The molecule has 28 heavy (non-hydrogen) atoms. The summed E-state index contributed by atoms with van der Waals surface area (Å²) in [5.41, 5.74) is 0.593.